The minimum atomic E-state index is -0.469. The Labute approximate surface area is 336 Å². The number of unbranched alkanes of at least 4 members (excludes halogenated alkanes) is 3. The predicted octanol–water partition coefficient (Wildman–Crippen LogP) is 7.89. The van der Waals surface area contributed by atoms with Crippen LogP contribution < -0.4 is 14.2 Å². The fourth-order valence-corrected chi connectivity index (χ4v) is 5.19. The molecule has 0 aliphatic heterocycles. The van der Waals surface area contributed by atoms with Crippen molar-refractivity contribution < 1.29 is 57.0 Å². The van der Waals surface area contributed by atoms with Gasteiger partial charge in [-0.2, -0.15) is 0 Å². The van der Waals surface area contributed by atoms with Crippen molar-refractivity contribution >= 4 is 34.6 Å². The number of methoxy groups -OCH3 is 3. The van der Waals surface area contributed by atoms with Crippen LogP contribution in [0.15, 0.2) is 92.5 Å². The lowest BCUT2D eigenvalue weighted by molar-refractivity contribution is -0.154. The van der Waals surface area contributed by atoms with Crippen LogP contribution in [0.2, 0.25) is 0 Å². The number of ether oxygens (including phenoxy) is 9. The molecule has 0 aliphatic carbocycles. The van der Waals surface area contributed by atoms with E-state index in [0.29, 0.717) is 103 Å². The van der Waals surface area contributed by atoms with Crippen LogP contribution in [0.25, 0.3) is 16.7 Å². The highest BCUT2D eigenvalue weighted by Gasteiger charge is 2.13. The lowest BCUT2D eigenvalue weighted by atomic mass is 10.1. The van der Waals surface area contributed by atoms with Gasteiger partial charge in [-0.3, -0.25) is 0 Å². The standard InChI is InChI=1S/C45H56O12/c1-33(43(46)49-4)36-13-19-39(20-14-36)53-27-8-7-26-52-32-25-42(56-30-11-9-28-54-40-21-15-37(16-22-40)34(2)44(47)50-5)57-31-12-10-29-55-41-23-17-38(18-24-41)35(3)45(48)51-6/h13-24,42H,1-3,7-12,25-32H2,4-6H3. The van der Waals surface area contributed by atoms with Gasteiger partial charge < -0.3 is 42.6 Å². The van der Waals surface area contributed by atoms with Crippen LogP contribution in [0, 0.1) is 0 Å². The molecule has 0 bridgehead atoms. The van der Waals surface area contributed by atoms with Gasteiger partial charge in [-0.1, -0.05) is 56.1 Å². The number of carbonyl (C=O) groups excluding carboxylic acids is 3. The summed E-state index contributed by atoms with van der Waals surface area (Å²) < 4.78 is 49.8. The molecule has 0 saturated carbocycles. The normalized spacial score (nSPS) is 10.7. The predicted molar refractivity (Wildman–Crippen MR) is 218 cm³/mol. The van der Waals surface area contributed by atoms with E-state index in [1.807, 2.05) is 0 Å². The molecule has 0 saturated heterocycles. The lowest BCUT2D eigenvalue weighted by Gasteiger charge is -2.19. The first-order chi connectivity index (χ1) is 27.7. The van der Waals surface area contributed by atoms with Gasteiger partial charge >= 0.3 is 17.9 Å². The average Bonchev–Trinajstić information content (AvgIpc) is 3.25. The van der Waals surface area contributed by atoms with E-state index in [4.69, 9.17) is 42.6 Å². The van der Waals surface area contributed by atoms with Crippen LogP contribution >= 0.6 is 0 Å². The molecule has 3 rings (SSSR count). The van der Waals surface area contributed by atoms with Gasteiger partial charge in [-0.25, -0.2) is 14.4 Å². The number of hydrogen-bond acceptors (Lipinski definition) is 12. The number of carbonyl (C=O) groups is 3. The van der Waals surface area contributed by atoms with Gasteiger partial charge in [0.1, 0.15) is 17.2 Å². The lowest BCUT2D eigenvalue weighted by Crippen LogP contribution is -2.21. The minimum Gasteiger partial charge on any atom is -0.494 e. The Morgan fingerprint density at radius 2 is 0.737 bits per heavy atom. The SMILES string of the molecule is C=C(C(=O)OC)c1ccc(OCCCCOCCC(OCCCCOc2ccc(C(=C)C(=O)OC)cc2)OCCCCOc2ccc(C(=C)C(=O)OC)cc2)cc1. The first kappa shape index (κ1) is 46.0. The summed E-state index contributed by atoms with van der Waals surface area (Å²) in [5, 5.41) is 0. The van der Waals surface area contributed by atoms with Crippen molar-refractivity contribution in [3.63, 3.8) is 0 Å². The third-order valence-corrected chi connectivity index (χ3v) is 8.58. The Morgan fingerprint density at radius 1 is 0.439 bits per heavy atom. The highest BCUT2D eigenvalue weighted by atomic mass is 16.7. The second-order valence-corrected chi connectivity index (χ2v) is 12.7. The Hall–Kier alpha value is -5.43. The number of benzene rings is 3. The fraction of sp³-hybridized carbons (Fsp3) is 0.400. The van der Waals surface area contributed by atoms with Gasteiger partial charge in [0, 0.05) is 26.2 Å². The second-order valence-electron chi connectivity index (χ2n) is 12.7. The molecular weight excluding hydrogens is 732 g/mol. The number of esters is 3. The third kappa shape index (κ3) is 17.1. The van der Waals surface area contributed by atoms with E-state index in [-0.39, 0.29) is 0 Å². The molecule has 0 aromatic heterocycles. The number of rotatable bonds is 29. The van der Waals surface area contributed by atoms with Crippen molar-refractivity contribution in [3.05, 3.63) is 109 Å². The van der Waals surface area contributed by atoms with Gasteiger partial charge in [0.25, 0.3) is 0 Å². The van der Waals surface area contributed by atoms with Crippen molar-refractivity contribution in [2.24, 2.45) is 0 Å². The van der Waals surface area contributed by atoms with Gasteiger partial charge in [0.15, 0.2) is 6.29 Å². The molecule has 12 nitrogen and oxygen atoms in total. The smallest absolute Gasteiger partial charge is 0.337 e. The molecule has 0 radical (unpaired) electrons. The van der Waals surface area contributed by atoms with E-state index < -0.39 is 24.2 Å². The van der Waals surface area contributed by atoms with E-state index in [1.54, 1.807) is 72.8 Å². The van der Waals surface area contributed by atoms with Crippen LogP contribution in [0.4, 0.5) is 0 Å². The summed E-state index contributed by atoms with van der Waals surface area (Å²) in [6, 6.07) is 21.5. The molecule has 0 unspecified atom stereocenters. The summed E-state index contributed by atoms with van der Waals surface area (Å²) in [4.78, 5) is 35.1. The van der Waals surface area contributed by atoms with Crippen LogP contribution in [0.3, 0.4) is 0 Å². The highest BCUT2D eigenvalue weighted by molar-refractivity contribution is 6.16. The van der Waals surface area contributed by atoms with Crippen molar-refractivity contribution in [2.45, 2.75) is 51.2 Å². The van der Waals surface area contributed by atoms with Crippen LogP contribution in [0.1, 0.15) is 61.6 Å². The van der Waals surface area contributed by atoms with Crippen molar-refractivity contribution in [2.75, 3.05) is 67.6 Å². The van der Waals surface area contributed by atoms with E-state index in [9.17, 15) is 14.4 Å². The summed E-state index contributed by atoms with van der Waals surface area (Å²) in [5.74, 6) is 0.709. The summed E-state index contributed by atoms with van der Waals surface area (Å²) >= 11 is 0. The summed E-state index contributed by atoms with van der Waals surface area (Å²) in [6.45, 7) is 14.9. The molecule has 3 aromatic rings. The molecule has 0 atom stereocenters. The second kappa shape index (κ2) is 26.4. The quantitative estimate of drug-likeness (QED) is 0.0223. The van der Waals surface area contributed by atoms with Gasteiger partial charge in [0.05, 0.1) is 64.5 Å². The number of hydrogen-bond donors (Lipinski definition) is 0. The van der Waals surface area contributed by atoms with E-state index in [1.165, 1.54) is 21.3 Å². The Balaban J connectivity index is 1.34. The zero-order valence-electron chi connectivity index (χ0n) is 33.4. The van der Waals surface area contributed by atoms with E-state index in [2.05, 4.69) is 19.7 Å². The maximum atomic E-state index is 11.7. The zero-order valence-corrected chi connectivity index (χ0v) is 33.4. The summed E-state index contributed by atoms with van der Waals surface area (Å²) in [6.07, 6.45) is 4.93. The van der Waals surface area contributed by atoms with E-state index in [0.717, 1.165) is 38.5 Å². The van der Waals surface area contributed by atoms with Crippen LogP contribution in [0.5, 0.6) is 17.2 Å². The summed E-state index contributed by atoms with van der Waals surface area (Å²) in [7, 11) is 3.98. The molecule has 57 heavy (non-hydrogen) atoms. The molecule has 0 spiro atoms. The highest BCUT2D eigenvalue weighted by Crippen LogP contribution is 2.21. The van der Waals surface area contributed by atoms with Crippen LogP contribution in [-0.2, 0) is 42.8 Å². The molecule has 0 N–H and O–H groups in total. The van der Waals surface area contributed by atoms with Crippen molar-refractivity contribution in [1.82, 2.24) is 0 Å². The Bertz CT molecular complexity index is 1610. The monoisotopic (exact) mass is 788 g/mol. The van der Waals surface area contributed by atoms with Crippen LogP contribution in [-0.4, -0.2) is 91.8 Å². The van der Waals surface area contributed by atoms with Gasteiger partial charge in [0.2, 0.25) is 0 Å². The van der Waals surface area contributed by atoms with Crippen molar-refractivity contribution in [1.29, 1.82) is 0 Å². The first-order valence-electron chi connectivity index (χ1n) is 19.0. The zero-order chi connectivity index (χ0) is 41.3. The molecule has 0 heterocycles. The molecule has 0 aliphatic rings. The third-order valence-electron chi connectivity index (χ3n) is 8.58. The molecule has 3 aromatic carbocycles. The topological polar surface area (TPSA) is 134 Å². The van der Waals surface area contributed by atoms with E-state index >= 15 is 0 Å². The largest absolute Gasteiger partial charge is 0.494 e. The summed E-state index contributed by atoms with van der Waals surface area (Å²) in [5.41, 5.74) is 2.93. The molecule has 308 valence electrons. The Kier molecular flexibility index (Phi) is 21.3. The maximum absolute atomic E-state index is 11.7. The van der Waals surface area contributed by atoms with Gasteiger partial charge in [-0.15, -0.1) is 0 Å². The molecule has 0 fully saturated rings. The van der Waals surface area contributed by atoms with Gasteiger partial charge in [-0.05, 0) is 91.6 Å². The van der Waals surface area contributed by atoms with Crippen molar-refractivity contribution in [3.8, 4) is 17.2 Å². The maximum Gasteiger partial charge on any atom is 0.337 e. The molecule has 12 heteroatoms. The fourth-order valence-electron chi connectivity index (χ4n) is 5.19. The molecular formula is C45H56O12. The minimum absolute atomic E-state index is 0.292. The molecule has 0 amide bonds. The first-order valence-corrected chi connectivity index (χ1v) is 19.0. The average molecular weight is 789 g/mol. The Morgan fingerprint density at radius 3 is 1.05 bits per heavy atom.